The molecule has 2 saturated carbocycles. The van der Waals surface area contributed by atoms with E-state index in [4.69, 9.17) is 35.8 Å². The summed E-state index contributed by atoms with van der Waals surface area (Å²) in [6, 6.07) is 9.42. The highest BCUT2D eigenvalue weighted by atomic mass is 35.5. The van der Waals surface area contributed by atoms with E-state index in [1.54, 1.807) is 38.4 Å². The van der Waals surface area contributed by atoms with Gasteiger partial charge in [0.1, 0.15) is 28.4 Å². The quantitative estimate of drug-likeness (QED) is 0.235. The number of ether oxygens (including phenoxy) is 3. The van der Waals surface area contributed by atoms with Gasteiger partial charge in [-0.2, -0.15) is 9.97 Å². The Labute approximate surface area is 290 Å². The molecule has 49 heavy (non-hydrogen) atoms. The molecule has 2 aromatic carbocycles. The predicted octanol–water partition coefficient (Wildman–Crippen LogP) is 6.12. The highest BCUT2D eigenvalue weighted by Crippen LogP contribution is 2.50. The molecule has 12 heteroatoms. The Morgan fingerprint density at radius 1 is 1.14 bits per heavy atom. The highest BCUT2D eigenvalue weighted by molar-refractivity contribution is 6.36. The number of pyridine rings is 1. The van der Waals surface area contributed by atoms with Crippen molar-refractivity contribution in [1.29, 1.82) is 0 Å². The van der Waals surface area contributed by atoms with Crippen molar-refractivity contribution in [2.45, 2.75) is 75.7 Å². The van der Waals surface area contributed by atoms with Gasteiger partial charge in [0.15, 0.2) is 5.82 Å². The van der Waals surface area contributed by atoms with Crippen LogP contribution in [0.25, 0.3) is 32.9 Å². The zero-order chi connectivity index (χ0) is 33.9. The first kappa shape index (κ1) is 32.8. The number of methoxy groups -OCH3 is 1. The van der Waals surface area contributed by atoms with Crippen LogP contribution in [0.5, 0.6) is 11.8 Å². The van der Waals surface area contributed by atoms with Crippen molar-refractivity contribution in [1.82, 2.24) is 19.9 Å². The van der Waals surface area contributed by atoms with Crippen molar-refractivity contribution >= 4 is 39.1 Å². The molecular weight excluding hydrogens is 649 g/mol. The van der Waals surface area contributed by atoms with E-state index in [0.29, 0.717) is 70.5 Å². The van der Waals surface area contributed by atoms with Crippen LogP contribution in [0.15, 0.2) is 36.5 Å². The number of aromatic hydroxyl groups is 1. The third kappa shape index (κ3) is 5.97. The lowest BCUT2D eigenvalue weighted by molar-refractivity contribution is -0.0845. The van der Waals surface area contributed by atoms with E-state index in [1.807, 2.05) is 11.0 Å². The number of nitrogens with zero attached hydrogens (tertiary/aromatic N) is 5. The Morgan fingerprint density at radius 3 is 2.82 bits per heavy atom. The largest absolute Gasteiger partial charge is 0.508 e. The van der Waals surface area contributed by atoms with Crippen molar-refractivity contribution in [2.75, 3.05) is 51.5 Å². The van der Waals surface area contributed by atoms with Crippen LogP contribution in [0.3, 0.4) is 0 Å². The zero-order valence-corrected chi connectivity index (χ0v) is 28.8. The van der Waals surface area contributed by atoms with E-state index in [0.717, 1.165) is 51.5 Å². The number of hydrogen-bond donors (Lipinski definition) is 2. The van der Waals surface area contributed by atoms with Crippen LogP contribution >= 0.6 is 11.6 Å². The molecule has 4 heterocycles. The molecule has 4 aliphatic rings. The minimum Gasteiger partial charge on any atom is -0.508 e. The summed E-state index contributed by atoms with van der Waals surface area (Å²) in [5.74, 6) is -0.278. The van der Waals surface area contributed by atoms with Gasteiger partial charge in [-0.3, -0.25) is 9.88 Å². The maximum atomic E-state index is 16.9. The zero-order valence-electron chi connectivity index (χ0n) is 28.0. The number of phenols is 1. The molecule has 2 aromatic heterocycles. The third-order valence-electron chi connectivity index (χ3n) is 11.3. The third-order valence-corrected chi connectivity index (χ3v) is 11.6. The van der Waals surface area contributed by atoms with E-state index in [9.17, 15) is 10.2 Å². The second-order valence-electron chi connectivity index (χ2n) is 14.7. The topological polar surface area (TPSA) is 113 Å². The molecular formula is C37H43ClFN5O5. The molecule has 0 bridgehead atoms. The Morgan fingerprint density at radius 2 is 1.98 bits per heavy atom. The molecule has 8 rings (SSSR count). The van der Waals surface area contributed by atoms with E-state index in [2.05, 4.69) is 9.88 Å². The second-order valence-corrected chi connectivity index (χ2v) is 15.1. The van der Waals surface area contributed by atoms with Crippen molar-refractivity contribution < 1.29 is 28.8 Å². The summed E-state index contributed by atoms with van der Waals surface area (Å²) in [5, 5.41) is 23.7. The molecule has 3 atom stereocenters. The second kappa shape index (κ2) is 12.8. The molecule has 2 saturated heterocycles. The van der Waals surface area contributed by atoms with Crippen LogP contribution in [-0.4, -0.2) is 100 Å². The number of aliphatic hydroxyl groups is 1. The van der Waals surface area contributed by atoms with Gasteiger partial charge in [0.05, 0.1) is 37.9 Å². The van der Waals surface area contributed by atoms with Gasteiger partial charge in [0.2, 0.25) is 0 Å². The number of phenolic OH excluding ortho intramolecular Hbond substituents is 1. The fourth-order valence-electron chi connectivity index (χ4n) is 8.84. The first-order valence-electron chi connectivity index (χ1n) is 17.4. The molecule has 2 aliphatic carbocycles. The lowest BCUT2D eigenvalue weighted by Crippen LogP contribution is -2.59. The number of halogens is 2. The number of benzene rings is 2. The summed E-state index contributed by atoms with van der Waals surface area (Å²) in [4.78, 5) is 18.7. The monoisotopic (exact) mass is 691 g/mol. The van der Waals surface area contributed by atoms with E-state index >= 15 is 4.39 Å². The summed E-state index contributed by atoms with van der Waals surface area (Å²) in [6.07, 6.45) is 9.54. The summed E-state index contributed by atoms with van der Waals surface area (Å²) in [5.41, 5.74) is -0.771. The van der Waals surface area contributed by atoms with Gasteiger partial charge in [-0.15, -0.1) is 0 Å². The van der Waals surface area contributed by atoms with Crippen molar-refractivity contribution in [3.8, 4) is 23.0 Å². The van der Waals surface area contributed by atoms with E-state index in [-0.39, 0.29) is 41.5 Å². The van der Waals surface area contributed by atoms with Gasteiger partial charge in [0.25, 0.3) is 0 Å². The number of likely N-dealkylation sites (tertiary alicyclic amines) is 1. The SMILES string of the molecule is COC1CC(N2CCC[C@@]3(COc4nc(N5CCOC[C@@](C)(O)C5)c5cnc(-c6cc(O)cc7cccc(Cl)c67)c(F)c5n4)CCC[C@@H]23)C1. The fourth-order valence-corrected chi connectivity index (χ4v) is 9.12. The fraction of sp³-hybridized carbons (Fsp3) is 0.541. The first-order chi connectivity index (χ1) is 23.6. The number of β-amino-alcohol motifs (C(OH)–C–C–N with tert-alkyl or cyclic N) is 1. The smallest absolute Gasteiger partial charge is 0.319 e. The molecule has 10 nitrogen and oxygen atoms in total. The van der Waals surface area contributed by atoms with Gasteiger partial charge >= 0.3 is 6.01 Å². The van der Waals surface area contributed by atoms with E-state index < -0.39 is 11.4 Å². The molecule has 4 fully saturated rings. The maximum Gasteiger partial charge on any atom is 0.319 e. The first-order valence-corrected chi connectivity index (χ1v) is 17.8. The molecule has 0 radical (unpaired) electrons. The minimum absolute atomic E-state index is 0.00975. The number of piperidine rings is 1. The Kier molecular flexibility index (Phi) is 8.55. The van der Waals surface area contributed by atoms with Crippen LogP contribution in [0.1, 0.15) is 51.9 Å². The molecule has 2 N–H and O–H groups in total. The molecule has 2 aliphatic heterocycles. The number of aromatic nitrogens is 3. The van der Waals surface area contributed by atoms with Gasteiger partial charge in [-0.05, 0) is 75.6 Å². The van der Waals surface area contributed by atoms with Crippen LogP contribution in [0.2, 0.25) is 5.02 Å². The maximum absolute atomic E-state index is 16.9. The van der Waals surface area contributed by atoms with Crippen LogP contribution < -0.4 is 9.64 Å². The summed E-state index contributed by atoms with van der Waals surface area (Å²) in [6.45, 7) is 4.44. The number of hydrogen-bond acceptors (Lipinski definition) is 10. The average molecular weight is 692 g/mol. The normalized spacial score (nSPS) is 29.2. The Bertz CT molecular complexity index is 1890. The predicted molar refractivity (Wildman–Crippen MR) is 186 cm³/mol. The molecule has 0 amide bonds. The van der Waals surface area contributed by atoms with Crippen LogP contribution in [0, 0.1) is 11.2 Å². The van der Waals surface area contributed by atoms with E-state index in [1.165, 1.54) is 6.07 Å². The number of rotatable bonds is 7. The highest BCUT2D eigenvalue weighted by Gasteiger charge is 2.51. The molecule has 0 unspecified atom stereocenters. The van der Waals surface area contributed by atoms with Crippen LogP contribution in [0.4, 0.5) is 10.2 Å². The van der Waals surface area contributed by atoms with Gasteiger partial charge < -0.3 is 29.3 Å². The summed E-state index contributed by atoms with van der Waals surface area (Å²) in [7, 11) is 1.80. The van der Waals surface area contributed by atoms with Crippen LogP contribution in [-0.2, 0) is 9.47 Å². The van der Waals surface area contributed by atoms with Gasteiger partial charge in [0, 0.05) is 53.3 Å². The molecule has 260 valence electrons. The average Bonchev–Trinajstić information content (AvgIpc) is 3.41. The summed E-state index contributed by atoms with van der Waals surface area (Å²) < 4.78 is 34.8. The van der Waals surface area contributed by atoms with Crippen molar-refractivity contribution in [2.24, 2.45) is 5.41 Å². The number of anilines is 1. The molecule has 4 aromatic rings. The Balaban J connectivity index is 1.20. The standard InChI is InChI=1S/C37H43ClFN5O5/c1-36(46)19-43(12-13-48-20-36)34-27-18-40-32(26-17-24(45)14-22-6-3-7-28(38)30(22)26)31(39)33(27)41-35(42-34)49-21-37-9-4-8-29(37)44(11-5-10-37)23-15-25(16-23)47-2/h3,6-7,14,17-18,23,25,29,45-46H,4-5,8-13,15-16,19-21H2,1-2H3/t23?,25?,29-,36+,37-/m1/s1. The lowest BCUT2D eigenvalue weighted by Gasteiger charge is -2.53. The Hall–Kier alpha value is -3.35. The van der Waals surface area contributed by atoms with Gasteiger partial charge in [-0.1, -0.05) is 30.2 Å². The van der Waals surface area contributed by atoms with Crippen molar-refractivity contribution in [3.05, 3.63) is 47.4 Å². The minimum atomic E-state index is -1.15. The van der Waals surface area contributed by atoms with Crippen molar-refractivity contribution in [3.63, 3.8) is 0 Å². The number of fused-ring (bicyclic) bond motifs is 3. The van der Waals surface area contributed by atoms with Gasteiger partial charge in [-0.25, -0.2) is 4.39 Å². The molecule has 0 spiro atoms. The lowest BCUT2D eigenvalue weighted by atomic mass is 9.73. The summed E-state index contributed by atoms with van der Waals surface area (Å²) >= 11 is 6.62.